The quantitative estimate of drug-likeness (QED) is 0.452. The van der Waals surface area contributed by atoms with Crippen LogP contribution in [0.25, 0.3) is 0 Å². The third-order valence-corrected chi connectivity index (χ3v) is 5.73. The first-order chi connectivity index (χ1) is 16.4. The summed E-state index contributed by atoms with van der Waals surface area (Å²) in [5.41, 5.74) is 1.23. The molecule has 0 radical (unpaired) electrons. The minimum atomic E-state index is -0.630. The molecule has 9 nitrogen and oxygen atoms in total. The third-order valence-electron chi connectivity index (χ3n) is 4.73. The van der Waals surface area contributed by atoms with Crippen LogP contribution in [0.1, 0.15) is 32.5 Å². The van der Waals surface area contributed by atoms with Gasteiger partial charge in [0.15, 0.2) is 16.3 Å². The van der Waals surface area contributed by atoms with Crippen LogP contribution in [0.4, 0.5) is 5.69 Å². The summed E-state index contributed by atoms with van der Waals surface area (Å²) < 4.78 is 21.8. The molecule has 0 N–H and O–H groups in total. The van der Waals surface area contributed by atoms with Gasteiger partial charge in [0.2, 0.25) is 0 Å². The van der Waals surface area contributed by atoms with E-state index in [4.69, 9.17) is 18.9 Å². The number of esters is 2. The first kappa shape index (κ1) is 24.7. The van der Waals surface area contributed by atoms with E-state index in [-0.39, 0.29) is 22.8 Å². The topological polar surface area (TPSA) is 105 Å². The van der Waals surface area contributed by atoms with Gasteiger partial charge in [0.1, 0.15) is 4.88 Å². The first-order valence-corrected chi connectivity index (χ1v) is 11.1. The van der Waals surface area contributed by atoms with Gasteiger partial charge in [-0.15, -0.1) is 0 Å². The highest BCUT2D eigenvalue weighted by atomic mass is 32.1. The number of rotatable bonds is 8. The van der Waals surface area contributed by atoms with Gasteiger partial charge in [-0.2, -0.15) is 0 Å². The average Bonchev–Trinajstić information content (AvgIpc) is 2.85. The van der Waals surface area contributed by atoms with Crippen molar-refractivity contribution in [2.75, 3.05) is 27.9 Å². The van der Waals surface area contributed by atoms with Crippen LogP contribution in [0, 0.1) is 0 Å². The lowest BCUT2D eigenvalue weighted by Gasteiger charge is -2.11. The largest absolute Gasteiger partial charge is 0.493 e. The van der Waals surface area contributed by atoms with Crippen molar-refractivity contribution < 1.29 is 28.5 Å². The van der Waals surface area contributed by atoms with E-state index in [0.29, 0.717) is 22.7 Å². The summed E-state index contributed by atoms with van der Waals surface area (Å²) in [4.78, 5) is 41.9. The molecule has 1 aromatic heterocycles. The second-order valence-corrected chi connectivity index (χ2v) is 7.89. The Bertz CT molecular complexity index is 1310. The molecular weight excluding hydrogens is 460 g/mol. The molecule has 2 aromatic carbocycles. The maximum absolute atomic E-state index is 13.0. The van der Waals surface area contributed by atoms with Crippen LogP contribution in [0.2, 0.25) is 0 Å². The van der Waals surface area contributed by atoms with Gasteiger partial charge in [-0.25, -0.2) is 14.6 Å². The first-order valence-electron chi connectivity index (χ1n) is 10.3. The predicted octanol–water partition coefficient (Wildman–Crippen LogP) is 3.17. The Labute approximate surface area is 199 Å². The van der Waals surface area contributed by atoms with Crippen molar-refractivity contribution in [3.8, 4) is 11.5 Å². The lowest BCUT2D eigenvalue weighted by molar-refractivity contribution is 0.0525. The highest BCUT2D eigenvalue weighted by molar-refractivity contribution is 7.11. The Morgan fingerprint density at radius 1 is 0.941 bits per heavy atom. The van der Waals surface area contributed by atoms with Gasteiger partial charge in [0.25, 0.3) is 5.56 Å². The second-order valence-electron chi connectivity index (χ2n) is 6.88. The van der Waals surface area contributed by atoms with Crippen molar-refractivity contribution in [3.63, 3.8) is 0 Å². The number of hydrogen-bond acceptors (Lipinski definition) is 9. The molecule has 0 spiro atoms. The van der Waals surface area contributed by atoms with E-state index in [1.54, 1.807) is 50.4 Å². The summed E-state index contributed by atoms with van der Waals surface area (Å²) in [5.74, 6) is 0.0226. The van der Waals surface area contributed by atoms with Crippen molar-refractivity contribution in [2.24, 2.45) is 4.99 Å². The fourth-order valence-corrected chi connectivity index (χ4v) is 3.99. The Kier molecular flexibility index (Phi) is 8.20. The molecule has 10 heteroatoms. The SMILES string of the molecule is CCOC(=O)c1ccc(N=c2sc(C(=O)OC)cc(=O)n2Cc2ccc(OC)c(OC)c2)cc1. The molecule has 1 heterocycles. The van der Waals surface area contributed by atoms with Gasteiger partial charge < -0.3 is 18.9 Å². The van der Waals surface area contributed by atoms with E-state index in [1.165, 1.54) is 24.9 Å². The van der Waals surface area contributed by atoms with Gasteiger partial charge in [0.05, 0.1) is 45.7 Å². The molecule has 0 fully saturated rings. The highest BCUT2D eigenvalue weighted by Gasteiger charge is 2.13. The monoisotopic (exact) mass is 484 g/mol. The van der Waals surface area contributed by atoms with E-state index in [2.05, 4.69) is 4.99 Å². The van der Waals surface area contributed by atoms with Crippen molar-refractivity contribution in [1.29, 1.82) is 0 Å². The Hall–Kier alpha value is -3.92. The van der Waals surface area contributed by atoms with Crippen molar-refractivity contribution >= 4 is 29.0 Å². The highest BCUT2D eigenvalue weighted by Crippen LogP contribution is 2.27. The minimum absolute atomic E-state index is 0.123. The van der Waals surface area contributed by atoms with Gasteiger partial charge in [-0.05, 0) is 48.9 Å². The molecular formula is C24H24N2O7S. The molecule has 178 valence electrons. The van der Waals surface area contributed by atoms with Crippen LogP contribution < -0.4 is 19.8 Å². The molecule has 0 atom stereocenters. The Morgan fingerprint density at radius 2 is 1.65 bits per heavy atom. The van der Waals surface area contributed by atoms with Crippen molar-refractivity contribution in [1.82, 2.24) is 4.57 Å². The summed E-state index contributed by atoms with van der Waals surface area (Å²) >= 11 is 1.02. The molecule has 0 aliphatic carbocycles. The van der Waals surface area contributed by atoms with Crippen molar-refractivity contribution in [3.05, 3.63) is 79.7 Å². The summed E-state index contributed by atoms with van der Waals surface area (Å²) in [5, 5.41) is 0. The summed E-state index contributed by atoms with van der Waals surface area (Å²) in [6, 6.07) is 13.0. The third kappa shape index (κ3) is 5.70. The summed E-state index contributed by atoms with van der Waals surface area (Å²) in [7, 11) is 4.32. The van der Waals surface area contributed by atoms with Crippen LogP contribution in [-0.4, -0.2) is 44.4 Å². The zero-order valence-electron chi connectivity index (χ0n) is 19.2. The smallest absolute Gasteiger partial charge is 0.348 e. The zero-order valence-corrected chi connectivity index (χ0v) is 20.0. The fourth-order valence-electron chi connectivity index (χ4n) is 3.06. The van der Waals surface area contributed by atoms with E-state index < -0.39 is 17.5 Å². The van der Waals surface area contributed by atoms with E-state index >= 15 is 0 Å². The van der Waals surface area contributed by atoms with Crippen LogP contribution >= 0.6 is 11.3 Å². The standard InChI is InChI=1S/C24H24N2O7S/c1-5-33-22(28)16-7-9-17(10-8-16)25-24-26(21(27)13-20(34-24)23(29)32-4)14-15-6-11-18(30-2)19(12-15)31-3/h6-13H,5,14H2,1-4H3. The van der Waals surface area contributed by atoms with Gasteiger partial charge in [0, 0.05) is 6.07 Å². The Balaban J connectivity index is 2.09. The Morgan fingerprint density at radius 3 is 2.26 bits per heavy atom. The number of carbonyl (C=O) groups excluding carboxylic acids is 2. The maximum atomic E-state index is 13.0. The van der Waals surface area contributed by atoms with Crippen LogP contribution in [-0.2, 0) is 16.0 Å². The molecule has 0 saturated carbocycles. The normalized spacial score (nSPS) is 11.1. The second kappa shape index (κ2) is 11.3. The molecule has 0 aliphatic heterocycles. The number of carbonyl (C=O) groups is 2. The van der Waals surface area contributed by atoms with Crippen LogP contribution in [0.5, 0.6) is 11.5 Å². The predicted molar refractivity (Wildman–Crippen MR) is 126 cm³/mol. The van der Waals surface area contributed by atoms with Gasteiger partial charge in [-0.1, -0.05) is 17.4 Å². The van der Waals surface area contributed by atoms with Gasteiger partial charge in [-0.3, -0.25) is 9.36 Å². The average molecular weight is 485 g/mol. The molecule has 3 aromatic rings. The molecule has 0 unspecified atom stereocenters. The van der Waals surface area contributed by atoms with Crippen molar-refractivity contribution in [2.45, 2.75) is 13.5 Å². The number of hydrogen-bond donors (Lipinski definition) is 0. The number of nitrogens with zero attached hydrogens (tertiary/aromatic N) is 2. The number of methoxy groups -OCH3 is 3. The van der Waals surface area contributed by atoms with Gasteiger partial charge >= 0.3 is 11.9 Å². The number of aromatic nitrogens is 1. The lowest BCUT2D eigenvalue weighted by atomic mass is 10.2. The maximum Gasteiger partial charge on any atom is 0.348 e. The molecule has 3 rings (SSSR count). The summed E-state index contributed by atoms with van der Waals surface area (Å²) in [6.45, 7) is 2.18. The molecule has 34 heavy (non-hydrogen) atoms. The van der Waals surface area contributed by atoms with Crippen LogP contribution in [0.3, 0.4) is 0 Å². The van der Waals surface area contributed by atoms with E-state index in [1.807, 2.05) is 6.07 Å². The lowest BCUT2D eigenvalue weighted by Crippen LogP contribution is -2.33. The van der Waals surface area contributed by atoms with E-state index in [9.17, 15) is 14.4 Å². The fraction of sp³-hybridized carbons (Fsp3) is 0.250. The molecule has 0 amide bonds. The summed E-state index contributed by atoms with van der Waals surface area (Å²) in [6.07, 6.45) is 0. The molecule has 0 aliphatic rings. The number of benzene rings is 2. The van der Waals surface area contributed by atoms with Crippen LogP contribution in [0.15, 0.2) is 58.3 Å². The van der Waals surface area contributed by atoms with E-state index in [0.717, 1.165) is 16.9 Å². The number of ether oxygens (including phenoxy) is 4. The molecule has 0 saturated heterocycles. The zero-order chi connectivity index (χ0) is 24.7. The minimum Gasteiger partial charge on any atom is -0.493 e. The molecule has 0 bridgehead atoms.